The lowest BCUT2D eigenvalue weighted by atomic mass is 10.1. The zero-order valence-corrected chi connectivity index (χ0v) is 13.4. The topological polar surface area (TPSA) is 50.4 Å². The van der Waals surface area contributed by atoms with Crippen LogP contribution >= 0.6 is 0 Å². The lowest BCUT2D eigenvalue weighted by Crippen LogP contribution is -2.36. The number of amides is 1. The molecule has 4 nitrogen and oxygen atoms in total. The number of rotatable bonds is 5. The molecule has 2 rings (SSSR count). The van der Waals surface area contributed by atoms with Gasteiger partial charge in [0.1, 0.15) is 5.60 Å². The highest BCUT2D eigenvalue weighted by Gasteiger charge is 2.38. The summed E-state index contributed by atoms with van der Waals surface area (Å²) in [5, 5.41) is 6.40. The molecule has 0 saturated heterocycles. The highest BCUT2D eigenvalue weighted by Crippen LogP contribution is 2.23. The van der Waals surface area contributed by atoms with Crippen molar-refractivity contribution in [2.45, 2.75) is 64.8 Å². The molecule has 1 amide bonds. The minimum Gasteiger partial charge on any atom is -0.444 e. The molecule has 0 spiro atoms. The maximum absolute atomic E-state index is 11.7. The van der Waals surface area contributed by atoms with Crippen molar-refractivity contribution in [2.75, 3.05) is 0 Å². The van der Waals surface area contributed by atoms with Crippen molar-refractivity contribution in [3.8, 4) is 0 Å². The first-order valence-corrected chi connectivity index (χ1v) is 7.68. The van der Waals surface area contributed by atoms with Crippen LogP contribution < -0.4 is 10.6 Å². The quantitative estimate of drug-likeness (QED) is 0.876. The van der Waals surface area contributed by atoms with Gasteiger partial charge in [-0.15, -0.1) is 0 Å². The summed E-state index contributed by atoms with van der Waals surface area (Å²) in [4.78, 5) is 11.7. The number of benzene rings is 1. The first-order valence-electron chi connectivity index (χ1n) is 7.68. The first kappa shape index (κ1) is 15.8. The van der Waals surface area contributed by atoms with Crippen molar-refractivity contribution in [3.63, 3.8) is 0 Å². The Balaban J connectivity index is 1.74. The van der Waals surface area contributed by atoms with E-state index in [-0.39, 0.29) is 12.1 Å². The van der Waals surface area contributed by atoms with Gasteiger partial charge in [-0.3, -0.25) is 0 Å². The molecule has 1 aliphatic carbocycles. The minimum absolute atomic E-state index is 0.189. The molecule has 1 aliphatic rings. The number of hydrogen-bond donors (Lipinski definition) is 2. The van der Waals surface area contributed by atoms with E-state index in [1.54, 1.807) is 0 Å². The molecular weight excluding hydrogens is 264 g/mol. The van der Waals surface area contributed by atoms with E-state index in [0.29, 0.717) is 6.04 Å². The van der Waals surface area contributed by atoms with Crippen LogP contribution in [-0.4, -0.2) is 23.8 Å². The van der Waals surface area contributed by atoms with E-state index < -0.39 is 5.60 Å². The number of ether oxygens (including phenoxy) is 1. The molecule has 0 aromatic heterocycles. The average molecular weight is 290 g/mol. The molecular formula is C17H26N2O2. The van der Waals surface area contributed by atoms with E-state index in [2.05, 4.69) is 41.8 Å². The SMILES string of the molecule is CCc1ccccc1CNC1CC1NC(=O)OC(C)(C)C. The van der Waals surface area contributed by atoms with E-state index in [1.807, 2.05) is 20.8 Å². The van der Waals surface area contributed by atoms with E-state index in [4.69, 9.17) is 4.74 Å². The molecule has 0 radical (unpaired) electrons. The zero-order chi connectivity index (χ0) is 15.5. The molecule has 1 saturated carbocycles. The summed E-state index contributed by atoms with van der Waals surface area (Å²) in [7, 11) is 0. The van der Waals surface area contributed by atoms with Gasteiger partial charge in [0.2, 0.25) is 0 Å². The van der Waals surface area contributed by atoms with Gasteiger partial charge in [0.15, 0.2) is 0 Å². The van der Waals surface area contributed by atoms with Crippen LogP contribution in [0.5, 0.6) is 0 Å². The summed E-state index contributed by atoms with van der Waals surface area (Å²) >= 11 is 0. The second kappa shape index (κ2) is 6.48. The summed E-state index contributed by atoms with van der Waals surface area (Å²) < 4.78 is 5.26. The summed E-state index contributed by atoms with van der Waals surface area (Å²) in [6.45, 7) is 8.63. The van der Waals surface area contributed by atoms with E-state index in [9.17, 15) is 4.79 Å². The van der Waals surface area contributed by atoms with Crippen molar-refractivity contribution in [1.82, 2.24) is 10.6 Å². The van der Waals surface area contributed by atoms with Crippen LogP contribution in [0.3, 0.4) is 0 Å². The molecule has 1 aromatic carbocycles. The van der Waals surface area contributed by atoms with Crippen molar-refractivity contribution < 1.29 is 9.53 Å². The summed E-state index contributed by atoms with van der Waals surface area (Å²) in [5.74, 6) is 0. The Kier molecular flexibility index (Phi) is 4.88. The van der Waals surface area contributed by atoms with Gasteiger partial charge in [0.25, 0.3) is 0 Å². The first-order chi connectivity index (χ1) is 9.89. The van der Waals surface area contributed by atoms with Gasteiger partial charge in [0.05, 0.1) is 0 Å². The lowest BCUT2D eigenvalue weighted by Gasteiger charge is -2.19. The van der Waals surface area contributed by atoms with E-state index in [1.165, 1.54) is 11.1 Å². The number of carbonyl (C=O) groups excluding carboxylic acids is 1. The van der Waals surface area contributed by atoms with Gasteiger partial charge in [-0.1, -0.05) is 31.2 Å². The Morgan fingerprint density at radius 3 is 2.52 bits per heavy atom. The number of nitrogens with one attached hydrogen (secondary N) is 2. The van der Waals surface area contributed by atoms with Crippen LogP contribution in [0.15, 0.2) is 24.3 Å². The lowest BCUT2D eigenvalue weighted by molar-refractivity contribution is 0.0522. The molecule has 0 heterocycles. The largest absolute Gasteiger partial charge is 0.444 e. The monoisotopic (exact) mass is 290 g/mol. The Bertz CT molecular complexity index is 494. The Labute approximate surface area is 127 Å². The average Bonchev–Trinajstić information content (AvgIpc) is 3.12. The number of hydrogen-bond acceptors (Lipinski definition) is 3. The van der Waals surface area contributed by atoms with Crippen LogP contribution in [0.2, 0.25) is 0 Å². The number of alkyl carbamates (subject to hydrolysis) is 1. The zero-order valence-electron chi connectivity index (χ0n) is 13.4. The molecule has 4 heteroatoms. The van der Waals surface area contributed by atoms with Crippen LogP contribution in [0.25, 0.3) is 0 Å². The van der Waals surface area contributed by atoms with Crippen LogP contribution in [0.4, 0.5) is 4.79 Å². The van der Waals surface area contributed by atoms with Gasteiger partial charge in [-0.25, -0.2) is 4.79 Å². The van der Waals surface area contributed by atoms with Gasteiger partial charge >= 0.3 is 6.09 Å². The van der Waals surface area contributed by atoms with Gasteiger partial charge < -0.3 is 15.4 Å². The predicted octanol–water partition coefficient (Wildman–Crippen LogP) is 3.00. The number of carbonyl (C=O) groups is 1. The Morgan fingerprint density at radius 1 is 1.24 bits per heavy atom. The molecule has 0 bridgehead atoms. The number of aryl methyl sites for hydroxylation is 1. The van der Waals surface area contributed by atoms with Crippen molar-refractivity contribution >= 4 is 6.09 Å². The molecule has 2 unspecified atom stereocenters. The fraction of sp³-hybridized carbons (Fsp3) is 0.588. The highest BCUT2D eigenvalue weighted by atomic mass is 16.6. The third kappa shape index (κ3) is 5.05. The van der Waals surface area contributed by atoms with E-state index in [0.717, 1.165) is 19.4 Å². The third-order valence-corrected chi connectivity index (χ3v) is 3.55. The second-order valence-corrected chi connectivity index (χ2v) is 6.60. The normalized spacial score (nSPS) is 21.0. The van der Waals surface area contributed by atoms with Crippen molar-refractivity contribution in [3.05, 3.63) is 35.4 Å². The van der Waals surface area contributed by atoms with Gasteiger partial charge in [-0.05, 0) is 44.7 Å². The summed E-state index contributed by atoms with van der Waals surface area (Å²) in [6, 6.07) is 9.01. The molecule has 2 atom stereocenters. The Morgan fingerprint density at radius 2 is 1.90 bits per heavy atom. The fourth-order valence-corrected chi connectivity index (χ4v) is 2.35. The minimum atomic E-state index is -0.442. The predicted molar refractivity (Wildman–Crippen MR) is 84.2 cm³/mol. The van der Waals surface area contributed by atoms with Crippen LogP contribution in [0, 0.1) is 0 Å². The summed E-state index contributed by atoms with van der Waals surface area (Å²) in [5.41, 5.74) is 2.27. The smallest absolute Gasteiger partial charge is 0.407 e. The molecule has 116 valence electrons. The standard InChI is InChI=1S/C17H26N2O2/c1-5-12-8-6-7-9-13(12)11-18-14-10-15(14)19-16(20)21-17(2,3)4/h6-9,14-15,18H,5,10-11H2,1-4H3,(H,19,20). The molecule has 1 aromatic rings. The summed E-state index contributed by atoms with van der Waals surface area (Å²) in [6.07, 6.45) is 1.68. The van der Waals surface area contributed by atoms with Gasteiger partial charge in [0, 0.05) is 18.6 Å². The Hall–Kier alpha value is -1.55. The van der Waals surface area contributed by atoms with E-state index >= 15 is 0 Å². The molecule has 21 heavy (non-hydrogen) atoms. The molecule has 1 fully saturated rings. The van der Waals surface area contributed by atoms with Gasteiger partial charge in [-0.2, -0.15) is 0 Å². The maximum atomic E-state index is 11.7. The van der Waals surface area contributed by atoms with Crippen molar-refractivity contribution in [1.29, 1.82) is 0 Å². The molecule has 0 aliphatic heterocycles. The van der Waals surface area contributed by atoms with Crippen molar-refractivity contribution in [2.24, 2.45) is 0 Å². The van der Waals surface area contributed by atoms with Crippen LogP contribution in [0.1, 0.15) is 45.2 Å². The fourth-order valence-electron chi connectivity index (χ4n) is 2.35. The third-order valence-electron chi connectivity index (χ3n) is 3.55. The molecule has 2 N–H and O–H groups in total. The maximum Gasteiger partial charge on any atom is 0.407 e. The van der Waals surface area contributed by atoms with Crippen LogP contribution in [-0.2, 0) is 17.7 Å². The highest BCUT2D eigenvalue weighted by molar-refractivity contribution is 5.68. The second-order valence-electron chi connectivity index (χ2n) is 6.60.